The van der Waals surface area contributed by atoms with E-state index in [1.54, 1.807) is 0 Å². The molecule has 78 valence electrons. The van der Waals surface area contributed by atoms with E-state index < -0.39 is 35.5 Å². The van der Waals surface area contributed by atoms with Gasteiger partial charge in [0, 0.05) is 0 Å². The number of allylic oxidation sites excluding steroid dienone is 2. The molecule has 0 heterocycles. The van der Waals surface area contributed by atoms with Gasteiger partial charge in [-0.05, 0) is 6.08 Å². The van der Waals surface area contributed by atoms with Gasteiger partial charge in [0.25, 0.3) is 0 Å². The average molecular weight is 218 g/mol. The fourth-order valence-electron chi connectivity index (χ4n) is 0.964. The van der Waals surface area contributed by atoms with Crippen LogP contribution in [0.4, 0.5) is 30.7 Å². The SMILES string of the molecule is [B]C1=CC(F)(F)C(F)(F)C(F)(F)C1F. The minimum absolute atomic E-state index is 0.685. The molecule has 0 saturated heterocycles. The molecule has 1 unspecified atom stereocenters. The first-order valence-corrected chi connectivity index (χ1v) is 3.30. The van der Waals surface area contributed by atoms with Crippen LogP contribution in [0.2, 0.25) is 0 Å². The summed E-state index contributed by atoms with van der Waals surface area (Å²) >= 11 is 0. The maximum absolute atomic E-state index is 12.4. The second kappa shape index (κ2) is 2.67. The van der Waals surface area contributed by atoms with Crippen molar-refractivity contribution in [3.05, 3.63) is 11.5 Å². The molecule has 1 aliphatic carbocycles. The summed E-state index contributed by atoms with van der Waals surface area (Å²) in [6.45, 7) is 0. The third-order valence-corrected chi connectivity index (χ3v) is 1.80. The Kier molecular flexibility index (Phi) is 2.17. The standard InChI is InChI=1S/C6H2BF7/c7-2-1-4(9,10)6(13,14)5(11,12)3(2)8/h1,3H. The first-order chi connectivity index (χ1) is 6.04. The van der Waals surface area contributed by atoms with Gasteiger partial charge in [-0.25, -0.2) is 4.39 Å². The van der Waals surface area contributed by atoms with E-state index in [2.05, 4.69) is 7.85 Å². The van der Waals surface area contributed by atoms with Gasteiger partial charge in [0.1, 0.15) is 7.85 Å². The number of rotatable bonds is 0. The van der Waals surface area contributed by atoms with Crippen molar-refractivity contribution in [3.8, 4) is 0 Å². The van der Waals surface area contributed by atoms with E-state index >= 15 is 0 Å². The van der Waals surface area contributed by atoms with Crippen LogP contribution < -0.4 is 0 Å². The quantitative estimate of drug-likeness (QED) is 0.432. The molecule has 0 N–H and O–H groups in total. The molecular weight excluding hydrogens is 216 g/mol. The highest BCUT2D eigenvalue weighted by molar-refractivity contribution is 6.22. The Labute approximate surface area is 75.2 Å². The molecule has 1 rings (SSSR count). The van der Waals surface area contributed by atoms with Crippen LogP contribution in [0, 0.1) is 0 Å². The third kappa shape index (κ3) is 1.15. The number of hydrogen-bond acceptors (Lipinski definition) is 0. The van der Waals surface area contributed by atoms with Crippen LogP contribution >= 0.6 is 0 Å². The summed E-state index contributed by atoms with van der Waals surface area (Å²) in [5.74, 6) is -16.4. The summed E-state index contributed by atoms with van der Waals surface area (Å²) in [5.41, 5.74) is -1.59. The van der Waals surface area contributed by atoms with Crippen molar-refractivity contribution in [1.29, 1.82) is 0 Å². The smallest absolute Gasteiger partial charge is 0.237 e. The van der Waals surface area contributed by atoms with E-state index in [1.807, 2.05) is 0 Å². The Morgan fingerprint density at radius 3 is 1.93 bits per heavy atom. The van der Waals surface area contributed by atoms with Crippen molar-refractivity contribution < 1.29 is 30.7 Å². The molecule has 0 amide bonds. The highest BCUT2D eigenvalue weighted by Crippen LogP contribution is 2.53. The van der Waals surface area contributed by atoms with Gasteiger partial charge in [-0.2, -0.15) is 26.3 Å². The molecule has 0 saturated carbocycles. The van der Waals surface area contributed by atoms with Crippen LogP contribution in [0.25, 0.3) is 0 Å². The van der Waals surface area contributed by atoms with Crippen LogP contribution in [0.5, 0.6) is 0 Å². The number of hydrogen-bond donors (Lipinski definition) is 0. The lowest BCUT2D eigenvalue weighted by Gasteiger charge is -2.37. The normalized spacial score (nSPS) is 33.6. The molecule has 0 aromatic carbocycles. The molecule has 0 spiro atoms. The van der Waals surface area contributed by atoms with E-state index in [4.69, 9.17) is 0 Å². The van der Waals surface area contributed by atoms with Gasteiger partial charge in [0.05, 0.1) is 0 Å². The monoisotopic (exact) mass is 218 g/mol. The first kappa shape index (κ1) is 11.4. The van der Waals surface area contributed by atoms with E-state index in [9.17, 15) is 30.7 Å². The van der Waals surface area contributed by atoms with Gasteiger partial charge in [-0.3, -0.25) is 0 Å². The number of alkyl halides is 7. The van der Waals surface area contributed by atoms with Gasteiger partial charge in [0.15, 0.2) is 6.17 Å². The van der Waals surface area contributed by atoms with Crippen LogP contribution in [-0.4, -0.2) is 31.8 Å². The summed E-state index contributed by atoms with van der Waals surface area (Å²) < 4.78 is 86.6. The predicted molar refractivity (Wildman–Crippen MR) is 33.6 cm³/mol. The molecule has 0 aliphatic heterocycles. The number of halogens is 7. The fourth-order valence-corrected chi connectivity index (χ4v) is 0.964. The highest BCUT2D eigenvalue weighted by atomic mass is 19.3. The molecule has 0 bridgehead atoms. The van der Waals surface area contributed by atoms with Gasteiger partial charge in [0.2, 0.25) is 0 Å². The summed E-state index contributed by atoms with van der Waals surface area (Å²) in [6.07, 6.45) is -4.29. The third-order valence-electron chi connectivity index (χ3n) is 1.80. The Balaban J connectivity index is 3.34. The van der Waals surface area contributed by atoms with Crippen molar-refractivity contribution in [2.45, 2.75) is 23.9 Å². The molecule has 0 nitrogen and oxygen atoms in total. The van der Waals surface area contributed by atoms with E-state index in [0.29, 0.717) is 0 Å². The lowest BCUT2D eigenvalue weighted by atomic mass is 9.78. The Morgan fingerprint density at radius 2 is 1.50 bits per heavy atom. The zero-order valence-electron chi connectivity index (χ0n) is 6.38. The van der Waals surface area contributed by atoms with Crippen molar-refractivity contribution in [2.24, 2.45) is 0 Å². The van der Waals surface area contributed by atoms with Crippen molar-refractivity contribution in [1.82, 2.24) is 0 Å². The maximum atomic E-state index is 12.4. The van der Waals surface area contributed by atoms with Crippen molar-refractivity contribution in [3.63, 3.8) is 0 Å². The maximum Gasteiger partial charge on any atom is 0.378 e. The predicted octanol–water partition coefficient (Wildman–Crippen LogP) is 2.30. The molecule has 14 heavy (non-hydrogen) atoms. The summed E-state index contributed by atoms with van der Waals surface area (Å²) in [5, 5.41) is 0. The topological polar surface area (TPSA) is 0 Å². The Hall–Kier alpha value is -0.685. The highest BCUT2D eigenvalue weighted by Gasteiger charge is 2.76. The molecule has 1 atom stereocenters. The van der Waals surface area contributed by atoms with Crippen LogP contribution in [0.3, 0.4) is 0 Å². The zero-order valence-corrected chi connectivity index (χ0v) is 6.38. The average Bonchev–Trinajstić information content (AvgIpc) is 1.99. The molecule has 8 heteroatoms. The molecule has 0 aromatic rings. The summed E-state index contributed by atoms with van der Waals surface area (Å²) in [6, 6.07) is 0. The largest absolute Gasteiger partial charge is 0.378 e. The molecule has 0 aromatic heterocycles. The Bertz CT molecular complexity index is 282. The second-order valence-electron chi connectivity index (χ2n) is 2.83. The van der Waals surface area contributed by atoms with Gasteiger partial charge in [-0.15, -0.1) is 0 Å². The van der Waals surface area contributed by atoms with E-state index in [0.717, 1.165) is 0 Å². The fraction of sp³-hybridized carbons (Fsp3) is 0.667. The lowest BCUT2D eigenvalue weighted by molar-refractivity contribution is -0.311. The summed E-state index contributed by atoms with van der Waals surface area (Å²) in [7, 11) is 4.44. The molecule has 1 aliphatic rings. The van der Waals surface area contributed by atoms with Crippen LogP contribution in [0.1, 0.15) is 0 Å². The minimum atomic E-state index is -5.78. The van der Waals surface area contributed by atoms with E-state index in [1.165, 1.54) is 0 Å². The van der Waals surface area contributed by atoms with Gasteiger partial charge >= 0.3 is 17.8 Å². The minimum Gasteiger partial charge on any atom is -0.237 e. The van der Waals surface area contributed by atoms with E-state index in [-0.39, 0.29) is 0 Å². The summed E-state index contributed by atoms with van der Waals surface area (Å²) in [4.78, 5) is 0. The Morgan fingerprint density at radius 1 is 1.07 bits per heavy atom. The molecule has 0 fully saturated rings. The van der Waals surface area contributed by atoms with Gasteiger partial charge in [-0.1, -0.05) is 5.47 Å². The second-order valence-corrected chi connectivity index (χ2v) is 2.83. The molecular formula is C6H2BF7. The molecule has 2 radical (unpaired) electrons. The first-order valence-electron chi connectivity index (χ1n) is 3.30. The van der Waals surface area contributed by atoms with Crippen molar-refractivity contribution in [2.75, 3.05) is 0 Å². The van der Waals surface area contributed by atoms with Crippen LogP contribution in [-0.2, 0) is 0 Å². The van der Waals surface area contributed by atoms with Crippen LogP contribution in [0.15, 0.2) is 11.5 Å². The van der Waals surface area contributed by atoms with Crippen molar-refractivity contribution >= 4 is 7.85 Å². The van der Waals surface area contributed by atoms with Gasteiger partial charge < -0.3 is 0 Å². The zero-order chi connectivity index (χ0) is 11.4. The lowest BCUT2D eigenvalue weighted by Crippen LogP contribution is -2.61.